The number of hydrogen-bond acceptors (Lipinski definition) is 2. The second-order valence-corrected chi connectivity index (χ2v) is 3.26. The monoisotopic (exact) mass is 219 g/mol. The van der Waals surface area contributed by atoms with Crippen molar-refractivity contribution in [3.05, 3.63) is 35.6 Å². The number of carbonyl (C=O) groups is 1. The third-order valence-electron chi connectivity index (χ3n) is 2.10. The minimum Gasteiger partial charge on any atom is -1.00 e. The molecule has 0 radical (unpaired) electrons. The standard InChI is InChI=1S/C11H14FNO2.Li.H/c1-2-13-10(7-11(14)15)8-3-5-9(12)6-4-8;;/h3-6,10,13H,2,7H2,1H3,(H,14,15);;/q;+1;-1. The molecular formula is C11H15FLiNO2. The Hall–Kier alpha value is -0.823. The number of aliphatic carboxylic acids is 1. The summed E-state index contributed by atoms with van der Waals surface area (Å²) in [5, 5.41) is 11.8. The molecular weight excluding hydrogens is 204 g/mol. The molecule has 0 fully saturated rings. The normalized spacial score (nSPS) is 11.6. The second-order valence-electron chi connectivity index (χ2n) is 3.26. The van der Waals surface area contributed by atoms with Gasteiger partial charge in [0.15, 0.2) is 0 Å². The predicted molar refractivity (Wildman–Crippen MR) is 56.2 cm³/mol. The van der Waals surface area contributed by atoms with E-state index in [0.29, 0.717) is 6.54 Å². The van der Waals surface area contributed by atoms with Crippen LogP contribution in [-0.4, -0.2) is 17.6 Å². The Morgan fingerprint density at radius 1 is 1.50 bits per heavy atom. The molecule has 0 spiro atoms. The Labute approximate surface area is 108 Å². The maximum Gasteiger partial charge on any atom is 1.00 e. The van der Waals surface area contributed by atoms with E-state index in [4.69, 9.17) is 5.11 Å². The van der Waals surface area contributed by atoms with Gasteiger partial charge in [-0.15, -0.1) is 0 Å². The van der Waals surface area contributed by atoms with Gasteiger partial charge in [-0.2, -0.15) is 0 Å². The molecule has 1 aromatic rings. The summed E-state index contributed by atoms with van der Waals surface area (Å²) < 4.78 is 12.7. The Bertz CT molecular complexity index is 335. The van der Waals surface area contributed by atoms with Gasteiger partial charge in [-0.3, -0.25) is 4.79 Å². The summed E-state index contributed by atoms with van der Waals surface area (Å²) in [4.78, 5) is 10.6. The van der Waals surface area contributed by atoms with E-state index < -0.39 is 5.97 Å². The Morgan fingerprint density at radius 2 is 2.06 bits per heavy atom. The van der Waals surface area contributed by atoms with Crippen LogP contribution < -0.4 is 24.2 Å². The first-order valence-corrected chi connectivity index (χ1v) is 4.84. The van der Waals surface area contributed by atoms with Gasteiger partial charge in [-0.1, -0.05) is 19.1 Å². The summed E-state index contributed by atoms with van der Waals surface area (Å²) in [5.74, 6) is -1.19. The van der Waals surface area contributed by atoms with Gasteiger partial charge in [-0.25, -0.2) is 4.39 Å². The van der Waals surface area contributed by atoms with Crippen molar-refractivity contribution in [3.63, 3.8) is 0 Å². The van der Waals surface area contributed by atoms with Crippen LogP contribution in [0.3, 0.4) is 0 Å². The smallest absolute Gasteiger partial charge is 1.00 e. The van der Waals surface area contributed by atoms with Gasteiger partial charge in [0, 0.05) is 6.04 Å². The second kappa shape index (κ2) is 7.45. The molecule has 0 amide bonds. The van der Waals surface area contributed by atoms with Crippen molar-refractivity contribution in [2.45, 2.75) is 19.4 Å². The molecule has 3 nitrogen and oxygen atoms in total. The Balaban J connectivity index is 0. The van der Waals surface area contributed by atoms with Gasteiger partial charge >= 0.3 is 24.8 Å². The van der Waals surface area contributed by atoms with E-state index >= 15 is 0 Å². The van der Waals surface area contributed by atoms with Crippen LogP contribution in [0, 0.1) is 5.82 Å². The first kappa shape index (κ1) is 15.2. The van der Waals surface area contributed by atoms with Gasteiger partial charge in [0.2, 0.25) is 0 Å². The van der Waals surface area contributed by atoms with Gasteiger partial charge < -0.3 is 11.8 Å². The first-order valence-electron chi connectivity index (χ1n) is 4.84. The minimum atomic E-state index is -0.870. The number of nitrogens with one attached hydrogen (secondary N) is 1. The van der Waals surface area contributed by atoms with Crippen molar-refractivity contribution in [2.75, 3.05) is 6.54 Å². The molecule has 1 rings (SSSR count). The average molecular weight is 219 g/mol. The van der Waals surface area contributed by atoms with Crippen molar-refractivity contribution in [2.24, 2.45) is 0 Å². The predicted octanol–water partition coefficient (Wildman–Crippen LogP) is -0.932. The molecule has 0 aliphatic heterocycles. The topological polar surface area (TPSA) is 49.3 Å². The zero-order valence-corrected chi connectivity index (χ0v) is 9.53. The summed E-state index contributed by atoms with van der Waals surface area (Å²) >= 11 is 0. The van der Waals surface area contributed by atoms with Crippen LogP contribution in [0.5, 0.6) is 0 Å². The number of carboxylic acids is 1. The summed E-state index contributed by atoms with van der Waals surface area (Å²) in [7, 11) is 0. The summed E-state index contributed by atoms with van der Waals surface area (Å²) in [6, 6.07) is 5.62. The maximum absolute atomic E-state index is 12.7. The zero-order chi connectivity index (χ0) is 11.3. The SMILES string of the molecule is CCNC(CC(=O)O)c1ccc(F)cc1.[H-].[Li+]. The van der Waals surface area contributed by atoms with E-state index in [1.807, 2.05) is 6.92 Å². The van der Waals surface area contributed by atoms with E-state index in [0.717, 1.165) is 5.56 Å². The maximum atomic E-state index is 12.7. The van der Waals surface area contributed by atoms with Gasteiger partial charge in [0.1, 0.15) is 5.82 Å². The van der Waals surface area contributed by atoms with Gasteiger partial charge in [0.05, 0.1) is 6.42 Å². The molecule has 0 heterocycles. The van der Waals surface area contributed by atoms with Crippen LogP contribution in [0.2, 0.25) is 0 Å². The largest absolute Gasteiger partial charge is 1.00 e. The molecule has 5 heteroatoms. The number of halogens is 1. The van der Waals surface area contributed by atoms with Crippen molar-refractivity contribution in [3.8, 4) is 0 Å². The molecule has 1 unspecified atom stereocenters. The average Bonchev–Trinajstić information content (AvgIpc) is 2.17. The fourth-order valence-electron chi connectivity index (χ4n) is 1.42. The molecule has 0 saturated heterocycles. The number of rotatable bonds is 5. The molecule has 1 atom stereocenters. The van der Waals surface area contributed by atoms with E-state index in [9.17, 15) is 9.18 Å². The van der Waals surface area contributed by atoms with Crippen LogP contribution >= 0.6 is 0 Å². The summed E-state index contributed by atoms with van der Waals surface area (Å²) in [6.07, 6.45) is -0.000523. The third-order valence-corrected chi connectivity index (χ3v) is 2.10. The molecule has 84 valence electrons. The number of benzene rings is 1. The number of hydrogen-bond donors (Lipinski definition) is 2. The molecule has 0 aliphatic carbocycles. The first-order chi connectivity index (χ1) is 7.13. The van der Waals surface area contributed by atoms with E-state index in [1.165, 1.54) is 12.1 Å². The number of carboxylic acid groups (broad SMARTS) is 1. The molecule has 16 heavy (non-hydrogen) atoms. The van der Waals surface area contributed by atoms with Gasteiger partial charge in [-0.05, 0) is 24.2 Å². The van der Waals surface area contributed by atoms with E-state index in [2.05, 4.69) is 5.32 Å². The van der Waals surface area contributed by atoms with Crippen molar-refractivity contribution in [1.29, 1.82) is 0 Å². The van der Waals surface area contributed by atoms with Crippen LogP contribution in [0.1, 0.15) is 26.4 Å². The van der Waals surface area contributed by atoms with Gasteiger partial charge in [0.25, 0.3) is 0 Å². The molecule has 0 saturated carbocycles. The minimum absolute atomic E-state index is 0. The molecule has 0 aliphatic rings. The zero-order valence-electron chi connectivity index (χ0n) is 10.5. The Kier molecular flexibility index (Phi) is 7.07. The summed E-state index contributed by atoms with van der Waals surface area (Å²) in [5.41, 5.74) is 0.792. The van der Waals surface area contributed by atoms with E-state index in [-0.39, 0.29) is 38.6 Å². The van der Waals surface area contributed by atoms with Crippen LogP contribution in [-0.2, 0) is 4.79 Å². The molecule has 2 N–H and O–H groups in total. The van der Waals surface area contributed by atoms with E-state index in [1.54, 1.807) is 12.1 Å². The third kappa shape index (κ3) is 4.80. The van der Waals surface area contributed by atoms with Crippen LogP contribution in [0.15, 0.2) is 24.3 Å². The molecule has 0 bridgehead atoms. The van der Waals surface area contributed by atoms with Crippen molar-refractivity contribution >= 4 is 5.97 Å². The quantitative estimate of drug-likeness (QED) is 0.629. The van der Waals surface area contributed by atoms with Crippen molar-refractivity contribution in [1.82, 2.24) is 5.32 Å². The summed E-state index contributed by atoms with van der Waals surface area (Å²) in [6.45, 7) is 2.58. The van der Waals surface area contributed by atoms with Crippen molar-refractivity contribution < 1.29 is 34.6 Å². The molecule has 1 aromatic carbocycles. The molecule has 0 aromatic heterocycles. The van der Waals surface area contributed by atoms with Crippen LogP contribution in [0.25, 0.3) is 0 Å². The fraction of sp³-hybridized carbons (Fsp3) is 0.364. The Morgan fingerprint density at radius 3 is 2.50 bits per heavy atom. The fourth-order valence-corrected chi connectivity index (χ4v) is 1.42. The van der Waals surface area contributed by atoms with Crippen LogP contribution in [0.4, 0.5) is 4.39 Å².